The first-order valence-corrected chi connectivity index (χ1v) is 10.3. The van der Waals surface area contributed by atoms with Gasteiger partial charge in [0.2, 0.25) is 5.91 Å². The summed E-state index contributed by atoms with van der Waals surface area (Å²) in [6.45, 7) is 7.89. The zero-order chi connectivity index (χ0) is 22.1. The molecule has 0 fully saturated rings. The van der Waals surface area contributed by atoms with Gasteiger partial charge in [-0.2, -0.15) is 0 Å². The standard InChI is InChI=1S/C24H32N2O4/c1-6-18(3)25-24(28)19(4)26(15-20-9-7-8-17(2)14-20)23(27)16-30-22-12-10-21(29-5)11-13-22/h7-14,18-19H,6,15-16H2,1-5H3,(H,25,28)/t18-,19-/m1/s1. The SMILES string of the molecule is CC[C@@H](C)NC(=O)[C@@H](C)N(Cc1cccc(C)c1)C(=O)COc1ccc(OC)cc1. The van der Waals surface area contributed by atoms with Gasteiger partial charge in [0.1, 0.15) is 17.5 Å². The lowest BCUT2D eigenvalue weighted by Gasteiger charge is -2.29. The quantitative estimate of drug-likeness (QED) is 0.646. The third-order valence-corrected chi connectivity index (χ3v) is 5.03. The fourth-order valence-corrected chi connectivity index (χ4v) is 2.96. The number of nitrogens with zero attached hydrogens (tertiary/aromatic N) is 1. The summed E-state index contributed by atoms with van der Waals surface area (Å²) in [5, 5.41) is 2.96. The van der Waals surface area contributed by atoms with Gasteiger partial charge >= 0.3 is 0 Å². The Labute approximate surface area is 179 Å². The van der Waals surface area contributed by atoms with Gasteiger partial charge in [0.05, 0.1) is 7.11 Å². The largest absolute Gasteiger partial charge is 0.497 e. The van der Waals surface area contributed by atoms with E-state index in [1.54, 1.807) is 43.2 Å². The first kappa shape index (κ1) is 23.3. The van der Waals surface area contributed by atoms with E-state index in [9.17, 15) is 9.59 Å². The maximum atomic E-state index is 13.0. The lowest BCUT2D eigenvalue weighted by Crippen LogP contribution is -2.50. The third-order valence-electron chi connectivity index (χ3n) is 5.03. The molecule has 2 rings (SSSR count). The van der Waals surface area contributed by atoms with E-state index in [1.807, 2.05) is 45.0 Å². The molecule has 2 atom stereocenters. The van der Waals surface area contributed by atoms with E-state index in [-0.39, 0.29) is 24.5 Å². The topological polar surface area (TPSA) is 67.9 Å². The number of amides is 2. The predicted octanol–water partition coefficient (Wildman–Crippen LogP) is 3.71. The van der Waals surface area contributed by atoms with E-state index >= 15 is 0 Å². The third kappa shape index (κ3) is 6.79. The van der Waals surface area contributed by atoms with Crippen molar-refractivity contribution in [2.24, 2.45) is 0 Å². The van der Waals surface area contributed by atoms with Crippen LogP contribution in [0.25, 0.3) is 0 Å². The number of methoxy groups -OCH3 is 1. The molecule has 6 heteroatoms. The van der Waals surface area contributed by atoms with Gasteiger partial charge in [-0.15, -0.1) is 0 Å². The number of carbonyl (C=O) groups excluding carboxylic acids is 2. The summed E-state index contributed by atoms with van der Waals surface area (Å²) in [4.78, 5) is 27.3. The maximum absolute atomic E-state index is 13.0. The number of hydrogen-bond acceptors (Lipinski definition) is 4. The van der Waals surface area contributed by atoms with Gasteiger partial charge < -0.3 is 19.7 Å². The van der Waals surface area contributed by atoms with Gasteiger partial charge in [0, 0.05) is 12.6 Å². The lowest BCUT2D eigenvalue weighted by molar-refractivity contribution is -0.142. The van der Waals surface area contributed by atoms with Crippen LogP contribution >= 0.6 is 0 Å². The fourth-order valence-electron chi connectivity index (χ4n) is 2.96. The summed E-state index contributed by atoms with van der Waals surface area (Å²) in [5.74, 6) is 0.857. The zero-order valence-electron chi connectivity index (χ0n) is 18.5. The maximum Gasteiger partial charge on any atom is 0.261 e. The van der Waals surface area contributed by atoms with E-state index in [0.29, 0.717) is 18.0 Å². The zero-order valence-corrected chi connectivity index (χ0v) is 18.5. The average molecular weight is 413 g/mol. The van der Waals surface area contributed by atoms with Crippen LogP contribution in [0.1, 0.15) is 38.3 Å². The second-order valence-electron chi connectivity index (χ2n) is 7.47. The van der Waals surface area contributed by atoms with E-state index < -0.39 is 6.04 Å². The molecular weight excluding hydrogens is 380 g/mol. The molecule has 0 radical (unpaired) electrons. The molecule has 2 aromatic rings. The highest BCUT2D eigenvalue weighted by molar-refractivity contribution is 5.88. The van der Waals surface area contributed by atoms with E-state index in [0.717, 1.165) is 17.5 Å². The molecule has 0 bridgehead atoms. The predicted molar refractivity (Wildman–Crippen MR) is 118 cm³/mol. The smallest absolute Gasteiger partial charge is 0.261 e. The van der Waals surface area contributed by atoms with Crippen LogP contribution in [-0.2, 0) is 16.1 Å². The van der Waals surface area contributed by atoms with Crippen LogP contribution in [0.5, 0.6) is 11.5 Å². The minimum atomic E-state index is -0.619. The number of carbonyl (C=O) groups is 2. The Morgan fingerprint density at radius 3 is 2.33 bits per heavy atom. The molecule has 0 unspecified atom stereocenters. The van der Waals surface area contributed by atoms with Gasteiger partial charge in [-0.05, 0) is 57.0 Å². The Morgan fingerprint density at radius 1 is 1.07 bits per heavy atom. The van der Waals surface area contributed by atoms with Crippen LogP contribution in [0.3, 0.4) is 0 Å². The first-order chi connectivity index (χ1) is 14.3. The van der Waals surface area contributed by atoms with E-state index in [4.69, 9.17) is 9.47 Å². The van der Waals surface area contributed by atoms with E-state index in [1.165, 1.54) is 0 Å². The second kappa shape index (κ2) is 11.2. The summed E-state index contributed by atoms with van der Waals surface area (Å²) >= 11 is 0. The number of aryl methyl sites for hydroxylation is 1. The Kier molecular flexibility index (Phi) is 8.71. The van der Waals surface area contributed by atoms with Crippen molar-refractivity contribution in [3.8, 4) is 11.5 Å². The Hall–Kier alpha value is -3.02. The number of benzene rings is 2. The molecule has 0 aliphatic heterocycles. The van der Waals surface area contributed by atoms with Gasteiger partial charge in [0.25, 0.3) is 5.91 Å². The van der Waals surface area contributed by atoms with Crippen molar-refractivity contribution in [3.05, 3.63) is 59.7 Å². The molecule has 0 heterocycles. The molecule has 6 nitrogen and oxygen atoms in total. The molecule has 30 heavy (non-hydrogen) atoms. The van der Waals surface area contributed by atoms with Gasteiger partial charge in [-0.1, -0.05) is 36.8 Å². The molecule has 2 aromatic carbocycles. The minimum absolute atomic E-state index is 0.0476. The van der Waals surface area contributed by atoms with Crippen LogP contribution in [0.15, 0.2) is 48.5 Å². The molecule has 0 saturated heterocycles. The van der Waals surface area contributed by atoms with Crippen molar-refractivity contribution >= 4 is 11.8 Å². The van der Waals surface area contributed by atoms with Gasteiger partial charge in [0.15, 0.2) is 6.61 Å². The molecular formula is C24H32N2O4. The lowest BCUT2D eigenvalue weighted by atomic mass is 10.1. The summed E-state index contributed by atoms with van der Waals surface area (Å²) in [6, 6.07) is 14.4. The number of ether oxygens (including phenoxy) is 2. The Morgan fingerprint density at radius 2 is 1.73 bits per heavy atom. The monoisotopic (exact) mass is 412 g/mol. The van der Waals surface area contributed by atoms with Crippen molar-refractivity contribution in [2.75, 3.05) is 13.7 Å². The minimum Gasteiger partial charge on any atom is -0.497 e. The molecule has 0 aliphatic rings. The van der Waals surface area contributed by atoms with Crippen LogP contribution in [0.4, 0.5) is 0 Å². The normalized spacial score (nSPS) is 12.6. The summed E-state index contributed by atoms with van der Waals surface area (Å²) in [5.41, 5.74) is 2.07. The van der Waals surface area contributed by atoms with Crippen molar-refractivity contribution < 1.29 is 19.1 Å². The van der Waals surface area contributed by atoms with Crippen molar-refractivity contribution in [1.29, 1.82) is 0 Å². The van der Waals surface area contributed by atoms with Gasteiger partial charge in [-0.25, -0.2) is 0 Å². The number of rotatable bonds is 10. The highest BCUT2D eigenvalue weighted by Gasteiger charge is 2.27. The van der Waals surface area contributed by atoms with Crippen LogP contribution in [0, 0.1) is 6.92 Å². The van der Waals surface area contributed by atoms with Crippen LogP contribution in [-0.4, -0.2) is 42.5 Å². The molecule has 0 saturated carbocycles. The van der Waals surface area contributed by atoms with Crippen molar-refractivity contribution in [3.63, 3.8) is 0 Å². The summed E-state index contributed by atoms with van der Waals surface area (Å²) in [7, 11) is 1.59. The van der Waals surface area contributed by atoms with Crippen molar-refractivity contribution in [2.45, 2.75) is 52.7 Å². The molecule has 162 valence electrons. The van der Waals surface area contributed by atoms with Gasteiger partial charge in [-0.3, -0.25) is 9.59 Å². The molecule has 1 N–H and O–H groups in total. The van der Waals surface area contributed by atoms with Crippen molar-refractivity contribution in [1.82, 2.24) is 10.2 Å². The Balaban J connectivity index is 2.13. The molecule has 2 amide bonds. The highest BCUT2D eigenvalue weighted by Crippen LogP contribution is 2.18. The second-order valence-corrected chi connectivity index (χ2v) is 7.47. The van der Waals surface area contributed by atoms with E-state index in [2.05, 4.69) is 5.32 Å². The van der Waals surface area contributed by atoms with Crippen LogP contribution in [0.2, 0.25) is 0 Å². The fraction of sp³-hybridized carbons (Fsp3) is 0.417. The molecule has 0 aromatic heterocycles. The number of hydrogen-bond donors (Lipinski definition) is 1. The summed E-state index contributed by atoms with van der Waals surface area (Å²) < 4.78 is 10.8. The van der Waals surface area contributed by atoms with Crippen LogP contribution < -0.4 is 14.8 Å². The summed E-state index contributed by atoms with van der Waals surface area (Å²) in [6.07, 6.45) is 0.824. The average Bonchev–Trinajstić information content (AvgIpc) is 2.75. The Bertz CT molecular complexity index is 835. The molecule has 0 spiro atoms. The first-order valence-electron chi connectivity index (χ1n) is 10.3. The molecule has 0 aliphatic carbocycles. The highest BCUT2D eigenvalue weighted by atomic mass is 16.5. The number of nitrogens with one attached hydrogen (secondary N) is 1.